The Kier molecular flexibility index (Phi) is 7.33. The molecule has 0 saturated heterocycles. The third kappa shape index (κ3) is 6.12. The third-order valence-electron chi connectivity index (χ3n) is 4.90. The van der Waals surface area contributed by atoms with E-state index in [-0.39, 0.29) is 29.9 Å². The van der Waals surface area contributed by atoms with Crippen molar-refractivity contribution < 1.29 is 14.4 Å². The van der Waals surface area contributed by atoms with Crippen LogP contribution in [0.15, 0.2) is 84.9 Å². The molecule has 0 aliphatic rings. The van der Waals surface area contributed by atoms with Gasteiger partial charge < -0.3 is 10.6 Å². The minimum Gasteiger partial charge on any atom is -0.344 e. The van der Waals surface area contributed by atoms with Gasteiger partial charge >= 0.3 is 0 Å². The van der Waals surface area contributed by atoms with Crippen molar-refractivity contribution in [2.75, 3.05) is 5.32 Å². The summed E-state index contributed by atoms with van der Waals surface area (Å²) in [5.74, 6) is -0.754. The molecular formula is C26H26N2O3. The molecular weight excluding hydrogens is 388 g/mol. The first kappa shape index (κ1) is 22.0. The summed E-state index contributed by atoms with van der Waals surface area (Å²) in [6, 6.07) is 24.5. The van der Waals surface area contributed by atoms with Crippen LogP contribution in [-0.4, -0.2) is 23.6 Å². The zero-order chi connectivity index (χ0) is 22.2. The van der Waals surface area contributed by atoms with Crippen molar-refractivity contribution in [1.82, 2.24) is 5.32 Å². The summed E-state index contributed by atoms with van der Waals surface area (Å²) >= 11 is 0. The first-order valence-corrected chi connectivity index (χ1v) is 10.3. The standard InChI is InChI=1S/C26H26N2O3/c1-18(2)24(28-23(29)16-19-10-5-3-6-11-19)26(31)27-22-15-9-14-21(17-22)25(30)20-12-7-4-8-13-20/h3-15,17-18,24H,16H2,1-2H3,(H,27,31)(H,28,29). The molecule has 0 saturated carbocycles. The van der Waals surface area contributed by atoms with E-state index in [0.29, 0.717) is 16.8 Å². The quantitative estimate of drug-likeness (QED) is 0.542. The normalized spacial score (nSPS) is 11.6. The summed E-state index contributed by atoms with van der Waals surface area (Å²) < 4.78 is 0. The smallest absolute Gasteiger partial charge is 0.247 e. The molecule has 3 rings (SSSR count). The molecule has 1 unspecified atom stereocenters. The van der Waals surface area contributed by atoms with Crippen LogP contribution >= 0.6 is 0 Å². The lowest BCUT2D eigenvalue weighted by Gasteiger charge is -2.22. The molecule has 0 heterocycles. The number of carbonyl (C=O) groups is 3. The van der Waals surface area contributed by atoms with E-state index >= 15 is 0 Å². The molecule has 1 atom stereocenters. The second kappa shape index (κ2) is 10.3. The van der Waals surface area contributed by atoms with Crippen molar-refractivity contribution in [1.29, 1.82) is 0 Å². The first-order chi connectivity index (χ1) is 14.9. The van der Waals surface area contributed by atoms with E-state index in [1.54, 1.807) is 36.4 Å². The Labute approximate surface area is 182 Å². The van der Waals surface area contributed by atoms with E-state index in [0.717, 1.165) is 5.56 Å². The van der Waals surface area contributed by atoms with Crippen LogP contribution in [0.5, 0.6) is 0 Å². The predicted octanol–water partition coefficient (Wildman–Crippen LogP) is 4.24. The molecule has 0 spiro atoms. The molecule has 0 aliphatic carbocycles. The highest BCUT2D eigenvalue weighted by molar-refractivity contribution is 6.09. The van der Waals surface area contributed by atoms with Crippen LogP contribution < -0.4 is 10.6 Å². The Hall–Kier alpha value is -3.73. The van der Waals surface area contributed by atoms with Crippen molar-refractivity contribution in [3.05, 3.63) is 102 Å². The molecule has 2 N–H and O–H groups in total. The average molecular weight is 415 g/mol. The SMILES string of the molecule is CC(C)C(NC(=O)Cc1ccccc1)C(=O)Nc1cccc(C(=O)c2ccccc2)c1. The molecule has 3 aromatic carbocycles. The minimum atomic E-state index is -0.690. The molecule has 0 aromatic heterocycles. The van der Waals surface area contributed by atoms with Gasteiger partial charge in [-0.25, -0.2) is 0 Å². The first-order valence-electron chi connectivity index (χ1n) is 10.3. The van der Waals surface area contributed by atoms with Gasteiger partial charge in [-0.05, 0) is 23.6 Å². The van der Waals surface area contributed by atoms with Gasteiger partial charge in [0.05, 0.1) is 6.42 Å². The molecule has 0 fully saturated rings. The fraction of sp³-hybridized carbons (Fsp3) is 0.192. The topological polar surface area (TPSA) is 75.3 Å². The Balaban J connectivity index is 1.68. The number of nitrogens with one attached hydrogen (secondary N) is 2. The van der Waals surface area contributed by atoms with Crippen LogP contribution in [-0.2, 0) is 16.0 Å². The lowest BCUT2D eigenvalue weighted by molar-refractivity contribution is -0.127. The highest BCUT2D eigenvalue weighted by Crippen LogP contribution is 2.16. The van der Waals surface area contributed by atoms with E-state index in [4.69, 9.17) is 0 Å². The number of carbonyl (C=O) groups excluding carboxylic acids is 3. The van der Waals surface area contributed by atoms with Gasteiger partial charge in [-0.2, -0.15) is 0 Å². The maximum absolute atomic E-state index is 12.9. The summed E-state index contributed by atoms with van der Waals surface area (Å²) in [4.78, 5) is 38.0. The predicted molar refractivity (Wildman–Crippen MR) is 122 cm³/mol. The van der Waals surface area contributed by atoms with Gasteiger partial charge in [-0.3, -0.25) is 14.4 Å². The van der Waals surface area contributed by atoms with Gasteiger partial charge in [-0.1, -0.05) is 86.6 Å². The van der Waals surface area contributed by atoms with Gasteiger partial charge in [0, 0.05) is 16.8 Å². The summed E-state index contributed by atoms with van der Waals surface area (Å²) in [6.45, 7) is 3.75. The molecule has 158 valence electrons. The van der Waals surface area contributed by atoms with Crippen LogP contribution in [0.2, 0.25) is 0 Å². The second-order valence-electron chi connectivity index (χ2n) is 7.72. The number of ketones is 1. The number of rotatable bonds is 8. The van der Waals surface area contributed by atoms with E-state index in [9.17, 15) is 14.4 Å². The summed E-state index contributed by atoms with van der Waals surface area (Å²) in [6.07, 6.45) is 0.207. The van der Waals surface area contributed by atoms with Crippen molar-refractivity contribution in [3.8, 4) is 0 Å². The van der Waals surface area contributed by atoms with Gasteiger partial charge in [-0.15, -0.1) is 0 Å². The Morgan fingerprint density at radius 1 is 0.774 bits per heavy atom. The molecule has 3 aromatic rings. The number of benzene rings is 3. The van der Waals surface area contributed by atoms with Gasteiger partial charge in [0.25, 0.3) is 0 Å². The molecule has 0 bridgehead atoms. The van der Waals surface area contributed by atoms with Crippen LogP contribution in [0.3, 0.4) is 0 Å². The van der Waals surface area contributed by atoms with Gasteiger partial charge in [0.1, 0.15) is 6.04 Å². The molecule has 5 heteroatoms. The van der Waals surface area contributed by atoms with Crippen LogP contribution in [0.4, 0.5) is 5.69 Å². The maximum Gasteiger partial charge on any atom is 0.247 e. The van der Waals surface area contributed by atoms with Crippen LogP contribution in [0.1, 0.15) is 35.3 Å². The summed E-state index contributed by atoms with van der Waals surface area (Å²) in [5, 5.41) is 5.66. The zero-order valence-corrected chi connectivity index (χ0v) is 17.7. The fourth-order valence-electron chi connectivity index (χ4n) is 3.26. The van der Waals surface area contributed by atoms with Crippen molar-refractivity contribution in [2.45, 2.75) is 26.3 Å². The largest absolute Gasteiger partial charge is 0.344 e. The maximum atomic E-state index is 12.9. The number of hydrogen-bond acceptors (Lipinski definition) is 3. The zero-order valence-electron chi connectivity index (χ0n) is 17.7. The van der Waals surface area contributed by atoms with Crippen molar-refractivity contribution in [2.24, 2.45) is 5.92 Å². The van der Waals surface area contributed by atoms with E-state index in [1.165, 1.54) is 0 Å². The minimum absolute atomic E-state index is 0.103. The Morgan fingerprint density at radius 2 is 1.39 bits per heavy atom. The molecule has 0 radical (unpaired) electrons. The average Bonchev–Trinajstić information content (AvgIpc) is 2.78. The molecule has 31 heavy (non-hydrogen) atoms. The van der Waals surface area contributed by atoms with E-state index in [2.05, 4.69) is 10.6 Å². The van der Waals surface area contributed by atoms with Crippen LogP contribution in [0.25, 0.3) is 0 Å². The second-order valence-corrected chi connectivity index (χ2v) is 7.72. The molecule has 5 nitrogen and oxygen atoms in total. The van der Waals surface area contributed by atoms with Crippen LogP contribution in [0, 0.1) is 5.92 Å². The summed E-state index contributed by atoms with van der Waals surface area (Å²) in [5.41, 5.74) is 2.46. The van der Waals surface area contributed by atoms with E-state index < -0.39 is 6.04 Å². The monoisotopic (exact) mass is 414 g/mol. The number of anilines is 1. The number of amides is 2. The third-order valence-corrected chi connectivity index (χ3v) is 4.90. The fourth-order valence-corrected chi connectivity index (χ4v) is 3.26. The van der Waals surface area contributed by atoms with Crippen molar-refractivity contribution in [3.63, 3.8) is 0 Å². The molecule has 2 amide bonds. The van der Waals surface area contributed by atoms with Crippen molar-refractivity contribution >= 4 is 23.3 Å². The molecule has 0 aliphatic heterocycles. The number of hydrogen-bond donors (Lipinski definition) is 2. The highest BCUT2D eigenvalue weighted by Gasteiger charge is 2.24. The Morgan fingerprint density at radius 3 is 2.03 bits per heavy atom. The van der Waals surface area contributed by atoms with E-state index in [1.807, 2.05) is 62.4 Å². The van der Waals surface area contributed by atoms with Gasteiger partial charge in [0.15, 0.2) is 5.78 Å². The highest BCUT2D eigenvalue weighted by atomic mass is 16.2. The van der Waals surface area contributed by atoms with Gasteiger partial charge in [0.2, 0.25) is 11.8 Å². The lowest BCUT2D eigenvalue weighted by atomic mass is 10.0. The summed E-state index contributed by atoms with van der Waals surface area (Å²) in [7, 11) is 0. The Bertz CT molecular complexity index is 1050. The lowest BCUT2D eigenvalue weighted by Crippen LogP contribution is -2.47.